The van der Waals surface area contributed by atoms with Gasteiger partial charge in [0.1, 0.15) is 5.76 Å². The third-order valence-electron chi connectivity index (χ3n) is 5.35. The summed E-state index contributed by atoms with van der Waals surface area (Å²) in [6.07, 6.45) is 3.96. The molecule has 3 aliphatic rings. The lowest BCUT2D eigenvalue weighted by Gasteiger charge is -2.53. The molecule has 0 radical (unpaired) electrons. The van der Waals surface area contributed by atoms with Crippen molar-refractivity contribution in [2.75, 3.05) is 32.8 Å². The lowest BCUT2D eigenvalue weighted by molar-refractivity contribution is -0.0373. The van der Waals surface area contributed by atoms with Crippen LogP contribution in [0.25, 0.3) is 0 Å². The van der Waals surface area contributed by atoms with Gasteiger partial charge in [0, 0.05) is 50.9 Å². The molecular weight excluding hydrogens is 266 g/mol. The molecule has 1 spiro atoms. The van der Waals surface area contributed by atoms with E-state index in [4.69, 9.17) is 4.52 Å². The Morgan fingerprint density at radius 3 is 2.81 bits per heavy atom. The molecule has 2 aliphatic heterocycles. The minimum atomic E-state index is 0.328. The standard InChI is InChI=1S/C16H25N3O2/c1-12-4-15(17-21-12)8-18-10-16(11-18)5-14(9-20)7-19(16)6-13-2-3-13/h4,13-14,20H,2-3,5-11H2,1H3/t14-/m1/s1. The molecule has 1 aromatic heterocycles. The molecule has 1 atom stereocenters. The molecule has 4 rings (SSSR count). The Labute approximate surface area is 125 Å². The molecule has 0 bridgehead atoms. The summed E-state index contributed by atoms with van der Waals surface area (Å²) in [5, 5.41) is 13.6. The molecule has 0 aromatic carbocycles. The fourth-order valence-corrected chi connectivity index (χ4v) is 4.19. The Bertz CT molecular complexity index is 505. The molecule has 3 heterocycles. The van der Waals surface area contributed by atoms with Gasteiger partial charge in [-0.05, 0) is 38.0 Å². The quantitative estimate of drug-likeness (QED) is 0.885. The Morgan fingerprint density at radius 2 is 2.19 bits per heavy atom. The van der Waals surface area contributed by atoms with Gasteiger partial charge >= 0.3 is 0 Å². The fourth-order valence-electron chi connectivity index (χ4n) is 4.19. The zero-order valence-corrected chi connectivity index (χ0v) is 12.8. The van der Waals surface area contributed by atoms with Crippen LogP contribution in [0.3, 0.4) is 0 Å². The molecule has 1 saturated carbocycles. The highest BCUT2D eigenvalue weighted by atomic mass is 16.5. The van der Waals surface area contributed by atoms with E-state index in [0.29, 0.717) is 18.1 Å². The van der Waals surface area contributed by atoms with E-state index < -0.39 is 0 Å². The summed E-state index contributed by atoms with van der Waals surface area (Å²) in [6, 6.07) is 2.03. The molecule has 21 heavy (non-hydrogen) atoms. The first kappa shape index (κ1) is 13.7. The van der Waals surface area contributed by atoms with Crippen molar-refractivity contribution in [2.45, 2.75) is 38.3 Å². The van der Waals surface area contributed by atoms with E-state index in [1.807, 2.05) is 13.0 Å². The van der Waals surface area contributed by atoms with Gasteiger partial charge in [-0.1, -0.05) is 5.16 Å². The van der Waals surface area contributed by atoms with Gasteiger partial charge in [0.15, 0.2) is 0 Å². The van der Waals surface area contributed by atoms with Gasteiger partial charge < -0.3 is 9.63 Å². The molecule has 0 amide bonds. The first-order valence-electron chi connectivity index (χ1n) is 8.17. The number of aromatic nitrogens is 1. The third-order valence-corrected chi connectivity index (χ3v) is 5.35. The van der Waals surface area contributed by atoms with Gasteiger partial charge in [0.25, 0.3) is 0 Å². The maximum absolute atomic E-state index is 9.53. The van der Waals surface area contributed by atoms with Crippen LogP contribution in [-0.4, -0.2) is 58.4 Å². The van der Waals surface area contributed by atoms with Crippen LogP contribution < -0.4 is 0 Å². The summed E-state index contributed by atoms with van der Waals surface area (Å²) in [5.74, 6) is 2.28. The van der Waals surface area contributed by atoms with E-state index in [-0.39, 0.29) is 0 Å². The minimum Gasteiger partial charge on any atom is -0.396 e. The van der Waals surface area contributed by atoms with Gasteiger partial charge in [-0.2, -0.15) is 0 Å². The molecule has 3 fully saturated rings. The first-order valence-corrected chi connectivity index (χ1v) is 8.17. The van der Waals surface area contributed by atoms with E-state index in [1.54, 1.807) is 0 Å². The summed E-state index contributed by atoms with van der Waals surface area (Å²) >= 11 is 0. The van der Waals surface area contributed by atoms with Crippen molar-refractivity contribution in [2.24, 2.45) is 11.8 Å². The Balaban J connectivity index is 1.38. The first-order chi connectivity index (χ1) is 10.2. The second-order valence-corrected chi connectivity index (χ2v) is 7.40. The monoisotopic (exact) mass is 291 g/mol. The molecule has 116 valence electrons. The molecule has 1 aliphatic carbocycles. The number of nitrogens with zero attached hydrogens (tertiary/aromatic N) is 3. The number of aliphatic hydroxyl groups is 1. The molecule has 5 nitrogen and oxygen atoms in total. The second kappa shape index (κ2) is 5.07. The lowest BCUT2D eigenvalue weighted by Crippen LogP contribution is -2.67. The number of aliphatic hydroxyl groups excluding tert-OH is 1. The predicted octanol–water partition coefficient (Wildman–Crippen LogP) is 1.26. The molecule has 5 heteroatoms. The van der Waals surface area contributed by atoms with Crippen molar-refractivity contribution in [3.63, 3.8) is 0 Å². The van der Waals surface area contributed by atoms with Gasteiger partial charge in [0.05, 0.1) is 5.69 Å². The number of hydrogen-bond acceptors (Lipinski definition) is 5. The number of rotatable bonds is 5. The molecule has 0 unspecified atom stereocenters. The van der Waals surface area contributed by atoms with Gasteiger partial charge in [-0.15, -0.1) is 0 Å². The zero-order valence-electron chi connectivity index (χ0n) is 12.8. The summed E-state index contributed by atoms with van der Waals surface area (Å²) < 4.78 is 5.15. The highest BCUT2D eigenvalue weighted by Gasteiger charge is 2.53. The average Bonchev–Trinajstić information content (AvgIpc) is 3.03. The normalized spacial score (nSPS) is 29.1. The van der Waals surface area contributed by atoms with E-state index in [9.17, 15) is 5.11 Å². The Hall–Kier alpha value is -0.910. The van der Waals surface area contributed by atoms with Crippen LogP contribution in [0.5, 0.6) is 0 Å². The third kappa shape index (κ3) is 2.62. The lowest BCUT2D eigenvalue weighted by atomic mass is 9.84. The largest absolute Gasteiger partial charge is 0.396 e. The van der Waals surface area contributed by atoms with Crippen molar-refractivity contribution >= 4 is 0 Å². The van der Waals surface area contributed by atoms with Crippen LogP contribution in [0.1, 0.15) is 30.7 Å². The number of likely N-dealkylation sites (tertiary alicyclic amines) is 2. The smallest absolute Gasteiger partial charge is 0.133 e. The minimum absolute atomic E-state index is 0.328. The maximum atomic E-state index is 9.53. The number of hydrogen-bond donors (Lipinski definition) is 1. The SMILES string of the molecule is Cc1cc(CN2CC3(C[C@@H](CO)CN3CC3CC3)C2)no1. The van der Waals surface area contributed by atoms with Crippen LogP contribution in [0.4, 0.5) is 0 Å². The van der Waals surface area contributed by atoms with Crippen molar-refractivity contribution in [3.05, 3.63) is 17.5 Å². The van der Waals surface area contributed by atoms with Gasteiger partial charge in [0.2, 0.25) is 0 Å². The van der Waals surface area contributed by atoms with Crippen LogP contribution in [0, 0.1) is 18.8 Å². The molecular formula is C16H25N3O2. The molecule has 1 N–H and O–H groups in total. The van der Waals surface area contributed by atoms with Crippen LogP contribution in [0.15, 0.2) is 10.6 Å². The molecule has 2 saturated heterocycles. The van der Waals surface area contributed by atoms with E-state index in [2.05, 4.69) is 15.0 Å². The summed E-state index contributed by atoms with van der Waals surface area (Å²) in [4.78, 5) is 5.13. The van der Waals surface area contributed by atoms with Crippen molar-refractivity contribution in [1.29, 1.82) is 0 Å². The summed E-state index contributed by atoms with van der Waals surface area (Å²) in [5.41, 5.74) is 1.36. The Morgan fingerprint density at radius 1 is 1.38 bits per heavy atom. The topological polar surface area (TPSA) is 52.7 Å². The Kier molecular flexibility index (Phi) is 3.32. The van der Waals surface area contributed by atoms with Gasteiger partial charge in [-0.25, -0.2) is 0 Å². The van der Waals surface area contributed by atoms with Crippen molar-refractivity contribution in [3.8, 4) is 0 Å². The van der Waals surface area contributed by atoms with Crippen LogP contribution in [-0.2, 0) is 6.54 Å². The number of aryl methyl sites for hydroxylation is 1. The van der Waals surface area contributed by atoms with Crippen molar-refractivity contribution in [1.82, 2.24) is 15.0 Å². The van der Waals surface area contributed by atoms with Gasteiger partial charge in [-0.3, -0.25) is 9.80 Å². The highest BCUT2D eigenvalue weighted by Crippen LogP contribution is 2.43. The van der Waals surface area contributed by atoms with Crippen molar-refractivity contribution < 1.29 is 9.63 Å². The fraction of sp³-hybridized carbons (Fsp3) is 0.812. The van der Waals surface area contributed by atoms with E-state index >= 15 is 0 Å². The van der Waals surface area contributed by atoms with E-state index in [0.717, 1.165) is 50.0 Å². The van der Waals surface area contributed by atoms with Crippen LogP contribution >= 0.6 is 0 Å². The second-order valence-electron chi connectivity index (χ2n) is 7.40. The highest BCUT2D eigenvalue weighted by molar-refractivity contribution is 5.12. The predicted molar refractivity (Wildman–Crippen MR) is 78.7 cm³/mol. The van der Waals surface area contributed by atoms with Crippen LogP contribution in [0.2, 0.25) is 0 Å². The molecule has 1 aromatic rings. The zero-order chi connectivity index (χ0) is 14.4. The maximum Gasteiger partial charge on any atom is 0.133 e. The summed E-state index contributed by atoms with van der Waals surface area (Å²) in [7, 11) is 0. The van der Waals surface area contributed by atoms with E-state index in [1.165, 1.54) is 19.4 Å². The average molecular weight is 291 g/mol. The summed E-state index contributed by atoms with van der Waals surface area (Å²) in [6.45, 7) is 7.72.